The van der Waals surface area contributed by atoms with Gasteiger partial charge >= 0.3 is 0 Å². The topological polar surface area (TPSA) is 29.3 Å². The van der Waals surface area contributed by atoms with E-state index in [9.17, 15) is 0 Å². The molecule has 0 heterocycles. The number of nitrogen functional groups attached to an aromatic ring is 1. The van der Waals surface area contributed by atoms with E-state index in [4.69, 9.17) is 5.73 Å². The number of benzene rings is 1. The molecule has 11 heavy (non-hydrogen) atoms. The zero-order chi connectivity index (χ0) is 8.43. The molecule has 0 atom stereocenters. The number of hydrogen-bond acceptors (Lipinski definition) is 2. The van der Waals surface area contributed by atoms with Crippen molar-refractivity contribution in [2.75, 3.05) is 24.7 Å². The molecule has 2 nitrogen and oxygen atoms in total. The Morgan fingerprint density at radius 2 is 1.91 bits per heavy atom. The Bertz CT molecular complexity index is 254. The number of rotatable bonds is 1. The van der Waals surface area contributed by atoms with Crippen molar-refractivity contribution in [1.29, 1.82) is 0 Å². The van der Waals surface area contributed by atoms with Crippen LogP contribution < -0.4 is 10.6 Å². The van der Waals surface area contributed by atoms with E-state index in [1.165, 1.54) is 0 Å². The highest BCUT2D eigenvalue weighted by molar-refractivity contribution is 5.70. The summed E-state index contributed by atoms with van der Waals surface area (Å²) in [7, 11) is 3.98. The van der Waals surface area contributed by atoms with Crippen LogP contribution in [0.5, 0.6) is 0 Å². The first-order valence-electron chi connectivity index (χ1n) is 3.65. The summed E-state index contributed by atoms with van der Waals surface area (Å²) in [5.74, 6) is 0. The summed E-state index contributed by atoms with van der Waals surface area (Å²) in [4.78, 5) is 2.02. The number of nitrogens with two attached hydrogens (primary N) is 1. The molecule has 2 heteroatoms. The lowest BCUT2D eigenvalue weighted by molar-refractivity contribution is 1.13. The highest BCUT2D eigenvalue weighted by Gasteiger charge is 2.01. The van der Waals surface area contributed by atoms with E-state index in [0.717, 1.165) is 16.9 Å². The van der Waals surface area contributed by atoms with Crippen molar-refractivity contribution >= 4 is 11.4 Å². The molecular formula is C9H14N2. The number of hydrogen-bond donors (Lipinski definition) is 1. The second-order valence-corrected chi connectivity index (χ2v) is 2.90. The number of para-hydroxylation sites is 1. The lowest BCUT2D eigenvalue weighted by atomic mass is 10.1. The summed E-state index contributed by atoms with van der Waals surface area (Å²) in [5.41, 5.74) is 8.94. The first-order chi connectivity index (χ1) is 5.13. The third kappa shape index (κ3) is 1.45. The summed E-state index contributed by atoms with van der Waals surface area (Å²) in [5, 5.41) is 0. The first-order valence-corrected chi connectivity index (χ1v) is 3.65. The predicted molar refractivity (Wildman–Crippen MR) is 49.9 cm³/mol. The molecule has 1 aromatic carbocycles. The average Bonchev–Trinajstić information content (AvgIpc) is 1.94. The van der Waals surface area contributed by atoms with Gasteiger partial charge in [-0.25, -0.2) is 0 Å². The van der Waals surface area contributed by atoms with Crippen molar-refractivity contribution in [3.05, 3.63) is 23.8 Å². The molecule has 0 unspecified atom stereocenters. The molecule has 0 bridgehead atoms. The molecule has 0 saturated heterocycles. The maximum absolute atomic E-state index is 5.84. The van der Waals surface area contributed by atoms with Gasteiger partial charge in [0.2, 0.25) is 0 Å². The van der Waals surface area contributed by atoms with Crippen LogP contribution in [-0.4, -0.2) is 14.1 Å². The van der Waals surface area contributed by atoms with E-state index in [0.29, 0.717) is 0 Å². The average molecular weight is 150 g/mol. The fourth-order valence-electron chi connectivity index (χ4n) is 1.06. The van der Waals surface area contributed by atoms with Gasteiger partial charge in [0.1, 0.15) is 0 Å². The Balaban J connectivity index is 3.17. The van der Waals surface area contributed by atoms with Gasteiger partial charge in [0, 0.05) is 14.1 Å². The highest BCUT2D eigenvalue weighted by atomic mass is 15.1. The van der Waals surface area contributed by atoms with Crippen molar-refractivity contribution in [2.24, 2.45) is 0 Å². The summed E-state index contributed by atoms with van der Waals surface area (Å²) < 4.78 is 0. The molecular weight excluding hydrogens is 136 g/mol. The van der Waals surface area contributed by atoms with Gasteiger partial charge in [-0.05, 0) is 18.6 Å². The third-order valence-corrected chi connectivity index (χ3v) is 1.78. The van der Waals surface area contributed by atoms with Crippen molar-refractivity contribution in [3.63, 3.8) is 0 Å². The molecule has 0 aromatic heterocycles. The Morgan fingerprint density at radius 1 is 1.27 bits per heavy atom. The molecule has 0 amide bonds. The number of anilines is 2. The van der Waals surface area contributed by atoms with Crippen LogP contribution in [0.25, 0.3) is 0 Å². The molecule has 0 saturated carbocycles. The minimum Gasteiger partial charge on any atom is -0.397 e. The Kier molecular flexibility index (Phi) is 2.03. The van der Waals surface area contributed by atoms with E-state index in [-0.39, 0.29) is 0 Å². The van der Waals surface area contributed by atoms with Crippen molar-refractivity contribution in [3.8, 4) is 0 Å². The lowest BCUT2D eigenvalue weighted by Crippen LogP contribution is -2.11. The van der Waals surface area contributed by atoms with Gasteiger partial charge in [-0.3, -0.25) is 0 Å². The summed E-state index contributed by atoms with van der Waals surface area (Å²) in [6, 6.07) is 6.05. The molecule has 0 aliphatic carbocycles. The predicted octanol–water partition coefficient (Wildman–Crippen LogP) is 1.64. The van der Waals surface area contributed by atoms with Crippen LogP contribution in [0.15, 0.2) is 18.2 Å². The van der Waals surface area contributed by atoms with Gasteiger partial charge in [-0.2, -0.15) is 0 Å². The van der Waals surface area contributed by atoms with Crippen molar-refractivity contribution in [1.82, 2.24) is 0 Å². The number of aryl methyl sites for hydroxylation is 1. The number of nitrogens with zero attached hydrogens (tertiary/aromatic N) is 1. The molecule has 0 spiro atoms. The van der Waals surface area contributed by atoms with Crippen LogP contribution in [0.2, 0.25) is 0 Å². The molecule has 0 fully saturated rings. The van der Waals surface area contributed by atoms with Crippen molar-refractivity contribution < 1.29 is 0 Å². The van der Waals surface area contributed by atoms with Gasteiger partial charge in [0.05, 0.1) is 11.4 Å². The van der Waals surface area contributed by atoms with Gasteiger partial charge in [0.15, 0.2) is 0 Å². The molecule has 0 aliphatic heterocycles. The van der Waals surface area contributed by atoms with E-state index in [1.807, 2.05) is 44.1 Å². The van der Waals surface area contributed by atoms with E-state index in [2.05, 4.69) is 0 Å². The first kappa shape index (κ1) is 7.92. The normalized spacial score (nSPS) is 9.73. The minimum atomic E-state index is 0.873. The van der Waals surface area contributed by atoms with Gasteiger partial charge in [-0.15, -0.1) is 0 Å². The van der Waals surface area contributed by atoms with Crippen LogP contribution in [-0.2, 0) is 0 Å². The molecule has 0 radical (unpaired) electrons. The van der Waals surface area contributed by atoms with Crippen molar-refractivity contribution in [2.45, 2.75) is 6.92 Å². The van der Waals surface area contributed by atoms with Gasteiger partial charge in [0.25, 0.3) is 0 Å². The zero-order valence-corrected chi connectivity index (χ0v) is 7.26. The summed E-state index contributed by atoms with van der Waals surface area (Å²) in [6.07, 6.45) is 0. The summed E-state index contributed by atoms with van der Waals surface area (Å²) in [6.45, 7) is 2.02. The fourth-order valence-corrected chi connectivity index (χ4v) is 1.06. The van der Waals surface area contributed by atoms with E-state index < -0.39 is 0 Å². The van der Waals surface area contributed by atoms with Gasteiger partial charge < -0.3 is 10.6 Å². The third-order valence-electron chi connectivity index (χ3n) is 1.78. The zero-order valence-electron chi connectivity index (χ0n) is 7.26. The monoisotopic (exact) mass is 150 g/mol. The molecule has 0 aliphatic rings. The quantitative estimate of drug-likeness (QED) is 0.617. The largest absolute Gasteiger partial charge is 0.397 e. The summed E-state index contributed by atoms with van der Waals surface area (Å²) >= 11 is 0. The lowest BCUT2D eigenvalue weighted by Gasteiger charge is -2.15. The SMILES string of the molecule is Cc1cccc(N(C)C)c1N. The molecule has 2 N–H and O–H groups in total. The Labute approximate surface area is 67.6 Å². The van der Waals surface area contributed by atoms with E-state index >= 15 is 0 Å². The minimum absolute atomic E-state index is 0.873. The standard InChI is InChI=1S/C9H14N2/c1-7-5-4-6-8(9(7)10)11(2)3/h4-6H,10H2,1-3H3. The molecule has 1 aromatic rings. The second-order valence-electron chi connectivity index (χ2n) is 2.90. The van der Waals surface area contributed by atoms with Crippen LogP contribution in [0.4, 0.5) is 11.4 Å². The molecule has 1 rings (SSSR count). The maximum atomic E-state index is 5.84. The van der Waals surface area contributed by atoms with E-state index in [1.54, 1.807) is 0 Å². The Hall–Kier alpha value is -1.18. The Morgan fingerprint density at radius 3 is 2.36 bits per heavy atom. The highest BCUT2D eigenvalue weighted by Crippen LogP contribution is 2.23. The maximum Gasteiger partial charge on any atom is 0.0597 e. The van der Waals surface area contributed by atoms with Crippen LogP contribution in [0.1, 0.15) is 5.56 Å². The second kappa shape index (κ2) is 2.82. The molecule has 60 valence electrons. The smallest absolute Gasteiger partial charge is 0.0597 e. The van der Waals surface area contributed by atoms with Gasteiger partial charge in [-0.1, -0.05) is 12.1 Å². The van der Waals surface area contributed by atoms with Crippen LogP contribution >= 0.6 is 0 Å². The van der Waals surface area contributed by atoms with Crippen LogP contribution in [0, 0.1) is 6.92 Å². The van der Waals surface area contributed by atoms with Crippen LogP contribution in [0.3, 0.4) is 0 Å². The fraction of sp³-hybridized carbons (Fsp3) is 0.333.